The van der Waals surface area contributed by atoms with Gasteiger partial charge in [0.2, 0.25) is 0 Å². The van der Waals surface area contributed by atoms with Crippen molar-refractivity contribution in [3.8, 4) is 5.75 Å². The first kappa shape index (κ1) is 15.1. The molecule has 0 aromatic heterocycles. The predicted molar refractivity (Wildman–Crippen MR) is 98.0 cm³/mol. The molecule has 124 valence electrons. The average molecular weight is 333 g/mol. The molecule has 0 aliphatic carbocycles. The van der Waals surface area contributed by atoms with Gasteiger partial charge in [-0.3, -0.25) is 10.1 Å². The third kappa shape index (κ3) is 2.57. The van der Waals surface area contributed by atoms with Crippen molar-refractivity contribution in [2.75, 3.05) is 11.9 Å². The molecule has 4 rings (SSSR count). The van der Waals surface area contributed by atoms with E-state index < -0.39 is 4.92 Å². The number of hydrogen-bond acceptors (Lipinski definition) is 5. The van der Waals surface area contributed by atoms with Crippen molar-refractivity contribution in [2.24, 2.45) is 4.99 Å². The third-order valence-corrected chi connectivity index (χ3v) is 4.10. The van der Waals surface area contributed by atoms with E-state index in [4.69, 9.17) is 4.74 Å². The van der Waals surface area contributed by atoms with Gasteiger partial charge in [0.15, 0.2) is 5.75 Å². The minimum Gasteiger partial charge on any atom is -0.487 e. The van der Waals surface area contributed by atoms with Crippen molar-refractivity contribution in [2.45, 2.75) is 6.92 Å². The van der Waals surface area contributed by atoms with E-state index in [1.807, 2.05) is 36.4 Å². The Morgan fingerprint density at radius 1 is 1.16 bits per heavy atom. The Labute approximate surface area is 143 Å². The quantitative estimate of drug-likeness (QED) is 0.557. The van der Waals surface area contributed by atoms with Gasteiger partial charge in [0.05, 0.1) is 17.2 Å². The number of ether oxygens (including phenoxy) is 1. The van der Waals surface area contributed by atoms with Crippen molar-refractivity contribution in [3.63, 3.8) is 0 Å². The lowest BCUT2D eigenvalue weighted by atomic mass is 10.0. The highest BCUT2D eigenvalue weighted by Crippen LogP contribution is 2.37. The largest absolute Gasteiger partial charge is 0.487 e. The molecule has 0 saturated carbocycles. The van der Waals surface area contributed by atoms with Crippen LogP contribution in [0.25, 0.3) is 10.8 Å². The van der Waals surface area contributed by atoms with Crippen LogP contribution in [0, 0.1) is 10.1 Å². The topological polar surface area (TPSA) is 76.8 Å². The van der Waals surface area contributed by atoms with Gasteiger partial charge in [-0.2, -0.15) is 0 Å². The van der Waals surface area contributed by atoms with Gasteiger partial charge in [-0.15, -0.1) is 0 Å². The molecule has 0 bridgehead atoms. The van der Waals surface area contributed by atoms with Crippen LogP contribution in [0.2, 0.25) is 0 Å². The Hall–Kier alpha value is -3.41. The van der Waals surface area contributed by atoms with Crippen molar-refractivity contribution in [1.29, 1.82) is 0 Å². The van der Waals surface area contributed by atoms with E-state index in [1.54, 1.807) is 19.1 Å². The van der Waals surface area contributed by atoms with E-state index >= 15 is 0 Å². The average Bonchev–Trinajstić information content (AvgIpc) is 2.62. The summed E-state index contributed by atoms with van der Waals surface area (Å²) in [4.78, 5) is 15.6. The Morgan fingerprint density at radius 3 is 2.72 bits per heavy atom. The molecule has 0 fully saturated rings. The van der Waals surface area contributed by atoms with E-state index in [1.165, 1.54) is 6.07 Å². The first-order chi connectivity index (χ1) is 12.2. The van der Waals surface area contributed by atoms with Crippen LogP contribution in [-0.2, 0) is 0 Å². The van der Waals surface area contributed by atoms with Gasteiger partial charge >= 0.3 is 5.69 Å². The SMILES string of the molecule is CCOc1ccc(C2=Nc3cccc4cccc(c34)N2)cc1[N+](=O)[O-]. The minimum atomic E-state index is -0.438. The fraction of sp³-hybridized carbons (Fsp3) is 0.105. The summed E-state index contributed by atoms with van der Waals surface area (Å²) in [6, 6.07) is 16.8. The van der Waals surface area contributed by atoms with Crippen molar-refractivity contribution >= 4 is 33.7 Å². The van der Waals surface area contributed by atoms with E-state index in [2.05, 4.69) is 10.3 Å². The Kier molecular flexibility index (Phi) is 3.57. The highest BCUT2D eigenvalue weighted by molar-refractivity contribution is 6.19. The van der Waals surface area contributed by atoms with E-state index in [-0.39, 0.29) is 11.4 Å². The number of aliphatic imine (C=N–C) groups is 1. The fourth-order valence-electron chi connectivity index (χ4n) is 3.02. The van der Waals surface area contributed by atoms with Crippen LogP contribution >= 0.6 is 0 Å². The number of nitrogens with one attached hydrogen (secondary N) is 1. The number of amidine groups is 1. The van der Waals surface area contributed by atoms with Crippen LogP contribution < -0.4 is 10.1 Å². The minimum absolute atomic E-state index is 0.0686. The summed E-state index contributed by atoms with van der Waals surface area (Å²) < 4.78 is 5.34. The maximum atomic E-state index is 11.3. The molecule has 0 atom stereocenters. The molecular weight excluding hydrogens is 318 g/mol. The van der Waals surface area contributed by atoms with Gasteiger partial charge in [0.25, 0.3) is 0 Å². The monoisotopic (exact) mass is 333 g/mol. The zero-order valence-corrected chi connectivity index (χ0v) is 13.5. The second kappa shape index (κ2) is 5.90. The van der Waals surface area contributed by atoms with Gasteiger partial charge in [0.1, 0.15) is 5.84 Å². The molecule has 6 heteroatoms. The summed E-state index contributed by atoms with van der Waals surface area (Å²) in [7, 11) is 0. The molecule has 25 heavy (non-hydrogen) atoms. The summed E-state index contributed by atoms with van der Waals surface area (Å²) in [5, 5.41) is 16.8. The number of hydrogen-bond donors (Lipinski definition) is 1. The summed E-state index contributed by atoms with van der Waals surface area (Å²) >= 11 is 0. The smallest absolute Gasteiger partial charge is 0.311 e. The normalized spacial score (nSPS) is 12.4. The molecule has 1 heterocycles. The predicted octanol–water partition coefficient (Wildman–Crippen LogP) is 4.65. The number of nitro benzene ring substituents is 1. The first-order valence-corrected chi connectivity index (χ1v) is 7.96. The van der Waals surface area contributed by atoms with Gasteiger partial charge in [-0.05, 0) is 36.6 Å². The summed E-state index contributed by atoms with van der Waals surface area (Å²) in [5.41, 5.74) is 2.36. The molecule has 0 unspecified atom stereocenters. The van der Waals surface area contributed by atoms with Crippen LogP contribution in [-0.4, -0.2) is 17.4 Å². The molecule has 1 aliphatic rings. The van der Waals surface area contributed by atoms with Gasteiger partial charge < -0.3 is 10.1 Å². The Morgan fingerprint density at radius 2 is 1.96 bits per heavy atom. The van der Waals surface area contributed by atoms with Gasteiger partial charge in [0, 0.05) is 22.7 Å². The van der Waals surface area contributed by atoms with Gasteiger partial charge in [-0.1, -0.05) is 24.3 Å². The number of anilines is 1. The molecule has 1 aliphatic heterocycles. The molecule has 1 N–H and O–H groups in total. The number of rotatable bonds is 4. The molecule has 0 saturated heterocycles. The Bertz CT molecular complexity index is 1020. The van der Waals surface area contributed by atoms with Crippen molar-refractivity contribution in [3.05, 3.63) is 70.3 Å². The zero-order chi connectivity index (χ0) is 17.4. The first-order valence-electron chi connectivity index (χ1n) is 7.96. The highest BCUT2D eigenvalue weighted by Gasteiger charge is 2.20. The summed E-state index contributed by atoms with van der Waals surface area (Å²) in [6.07, 6.45) is 0. The molecule has 3 aromatic rings. The van der Waals surface area contributed by atoms with E-state index in [9.17, 15) is 10.1 Å². The number of nitro groups is 1. The summed E-state index contributed by atoms with van der Waals surface area (Å²) in [6.45, 7) is 2.16. The van der Waals surface area contributed by atoms with Crippen molar-refractivity contribution in [1.82, 2.24) is 0 Å². The van der Waals surface area contributed by atoms with Gasteiger partial charge in [-0.25, -0.2) is 4.99 Å². The lowest BCUT2D eigenvalue weighted by Gasteiger charge is -2.19. The third-order valence-electron chi connectivity index (χ3n) is 4.10. The Balaban J connectivity index is 1.83. The van der Waals surface area contributed by atoms with Crippen molar-refractivity contribution < 1.29 is 9.66 Å². The molecular formula is C19H15N3O3. The second-order valence-corrected chi connectivity index (χ2v) is 5.64. The maximum absolute atomic E-state index is 11.3. The molecule has 3 aromatic carbocycles. The zero-order valence-electron chi connectivity index (χ0n) is 13.5. The van der Waals surface area contributed by atoms with E-state index in [0.29, 0.717) is 18.0 Å². The number of benzene rings is 3. The maximum Gasteiger partial charge on any atom is 0.311 e. The fourth-order valence-corrected chi connectivity index (χ4v) is 3.02. The molecule has 0 radical (unpaired) electrons. The molecule has 0 amide bonds. The number of nitrogens with zero attached hydrogens (tertiary/aromatic N) is 2. The molecule has 0 spiro atoms. The summed E-state index contributed by atoms with van der Waals surface area (Å²) in [5.74, 6) is 0.840. The lowest BCUT2D eigenvalue weighted by Crippen LogP contribution is -2.16. The second-order valence-electron chi connectivity index (χ2n) is 5.64. The lowest BCUT2D eigenvalue weighted by molar-refractivity contribution is -0.385. The highest BCUT2D eigenvalue weighted by atomic mass is 16.6. The molecule has 6 nitrogen and oxygen atoms in total. The van der Waals surface area contributed by atoms with Crippen LogP contribution in [0.4, 0.5) is 17.1 Å². The standard InChI is InChI=1S/C19H15N3O3/c1-2-25-17-10-9-13(11-16(17)22(23)24)19-20-14-7-3-5-12-6-4-8-15(21-19)18(12)14/h3-11H,2H2,1H3,(H,20,21). The van der Waals surface area contributed by atoms with Crippen LogP contribution in [0.3, 0.4) is 0 Å². The van der Waals surface area contributed by atoms with Crippen LogP contribution in [0.1, 0.15) is 12.5 Å². The van der Waals surface area contributed by atoms with Crippen LogP contribution in [0.15, 0.2) is 59.6 Å². The van der Waals surface area contributed by atoms with E-state index in [0.717, 1.165) is 22.1 Å². The van der Waals surface area contributed by atoms with Crippen LogP contribution in [0.5, 0.6) is 5.75 Å².